The third-order valence-corrected chi connectivity index (χ3v) is 2.98. The van der Waals surface area contributed by atoms with Crippen LogP contribution in [0.2, 0.25) is 0 Å². The molecule has 4 heteroatoms. The van der Waals surface area contributed by atoms with E-state index in [0.717, 1.165) is 23.7 Å². The molecule has 3 nitrogen and oxygen atoms in total. The smallest absolute Gasteiger partial charge is 0.348 e. The van der Waals surface area contributed by atoms with Gasteiger partial charge < -0.3 is 9.47 Å². The van der Waals surface area contributed by atoms with Gasteiger partial charge in [-0.3, -0.25) is 0 Å². The van der Waals surface area contributed by atoms with E-state index in [-0.39, 0.29) is 5.97 Å². The first-order chi connectivity index (χ1) is 8.77. The van der Waals surface area contributed by atoms with Crippen LogP contribution in [0, 0.1) is 0 Å². The number of unbranched alkanes of at least 4 members (excludes halogenated alkanes) is 1. The van der Waals surface area contributed by atoms with Gasteiger partial charge in [-0.25, -0.2) is 4.79 Å². The average Bonchev–Trinajstić information content (AvgIpc) is 2.71. The Labute approximate surface area is 115 Å². The van der Waals surface area contributed by atoms with Gasteiger partial charge in [-0.1, -0.05) is 41.4 Å². The minimum Gasteiger partial charge on any atom is -0.492 e. The van der Waals surface area contributed by atoms with Crippen LogP contribution in [-0.4, -0.2) is 17.9 Å². The normalized spacial score (nSPS) is 15.7. The van der Waals surface area contributed by atoms with Gasteiger partial charge in [0.05, 0.1) is 6.61 Å². The number of esters is 1. The molecule has 1 heterocycles. The van der Waals surface area contributed by atoms with Crippen LogP contribution in [0.25, 0.3) is 5.76 Å². The Kier molecular flexibility index (Phi) is 4.42. The van der Waals surface area contributed by atoms with Crippen LogP contribution in [0.1, 0.15) is 35.7 Å². The zero-order valence-corrected chi connectivity index (χ0v) is 11.8. The van der Waals surface area contributed by atoms with Gasteiger partial charge in [-0.15, -0.1) is 0 Å². The van der Waals surface area contributed by atoms with Crippen LogP contribution in [0.15, 0.2) is 24.3 Å². The number of alkyl halides is 1. The number of fused-ring (bicyclic) bond motifs is 1. The van der Waals surface area contributed by atoms with E-state index >= 15 is 0 Å². The molecule has 2 rings (SSSR count). The molecule has 1 aliphatic heterocycles. The van der Waals surface area contributed by atoms with E-state index in [9.17, 15) is 4.79 Å². The van der Waals surface area contributed by atoms with Gasteiger partial charge in [-0.05, 0) is 18.6 Å². The van der Waals surface area contributed by atoms with Gasteiger partial charge >= 0.3 is 5.97 Å². The monoisotopic (exact) mass is 310 g/mol. The fourth-order valence-corrected chi connectivity index (χ4v) is 2.01. The van der Waals surface area contributed by atoms with Crippen molar-refractivity contribution < 1.29 is 14.3 Å². The molecule has 1 aliphatic rings. The first-order valence-electron chi connectivity index (χ1n) is 6.02. The molecule has 18 heavy (non-hydrogen) atoms. The van der Waals surface area contributed by atoms with Crippen molar-refractivity contribution in [2.75, 3.05) is 11.9 Å². The quantitative estimate of drug-likeness (QED) is 0.613. The minimum atomic E-state index is -0.322. The van der Waals surface area contributed by atoms with Crippen LogP contribution in [-0.2, 0) is 4.74 Å². The molecule has 0 aliphatic carbocycles. The predicted molar refractivity (Wildman–Crippen MR) is 74.0 cm³/mol. The first kappa shape index (κ1) is 13.1. The molecule has 0 atom stereocenters. The zero-order chi connectivity index (χ0) is 13.0. The van der Waals surface area contributed by atoms with E-state index in [2.05, 4.69) is 22.9 Å². The van der Waals surface area contributed by atoms with Gasteiger partial charge in [0, 0.05) is 10.9 Å². The summed E-state index contributed by atoms with van der Waals surface area (Å²) < 4.78 is 10.8. The van der Waals surface area contributed by atoms with Crippen LogP contribution in [0.5, 0.6) is 5.75 Å². The second kappa shape index (κ2) is 6.05. The lowest BCUT2D eigenvalue weighted by Crippen LogP contribution is -2.03. The van der Waals surface area contributed by atoms with Gasteiger partial charge in [0.2, 0.25) is 0 Å². The molecular formula is C14H15BrO3. The summed E-state index contributed by atoms with van der Waals surface area (Å²) in [5.74, 6) is 0.926. The molecule has 0 bridgehead atoms. The number of halogens is 1. The topological polar surface area (TPSA) is 35.5 Å². The van der Waals surface area contributed by atoms with Crippen molar-refractivity contribution in [1.82, 2.24) is 0 Å². The summed E-state index contributed by atoms with van der Waals surface area (Å²) >= 11 is 3.30. The van der Waals surface area contributed by atoms with E-state index in [1.165, 1.54) is 0 Å². The summed E-state index contributed by atoms with van der Waals surface area (Å²) in [6.45, 7) is 2.61. The fourth-order valence-electron chi connectivity index (χ4n) is 1.85. The fraction of sp³-hybridized carbons (Fsp3) is 0.357. The Morgan fingerprint density at radius 1 is 1.44 bits per heavy atom. The number of allylic oxidation sites excluding steroid dienone is 1. The van der Waals surface area contributed by atoms with Crippen molar-refractivity contribution in [3.8, 4) is 5.75 Å². The molecule has 0 spiro atoms. The number of carbonyl (C=O) groups excluding carboxylic acids is 1. The lowest BCUT2D eigenvalue weighted by molar-refractivity contribution is 0.0712. The SMILES string of the molecule is CCC/C=C1\OC(=O)c2c(OCCBr)cccc21. The molecule has 0 N–H and O–H groups in total. The Morgan fingerprint density at radius 2 is 2.28 bits per heavy atom. The second-order valence-electron chi connectivity index (χ2n) is 3.96. The second-order valence-corrected chi connectivity index (χ2v) is 4.76. The first-order valence-corrected chi connectivity index (χ1v) is 7.14. The number of cyclic esters (lactones) is 1. The highest BCUT2D eigenvalue weighted by Gasteiger charge is 2.29. The lowest BCUT2D eigenvalue weighted by Gasteiger charge is -2.06. The number of carbonyl (C=O) groups is 1. The molecule has 0 saturated carbocycles. The molecule has 1 aromatic rings. The molecule has 0 saturated heterocycles. The maximum absolute atomic E-state index is 11.9. The average molecular weight is 311 g/mol. The number of benzene rings is 1. The van der Waals surface area contributed by atoms with Crippen LogP contribution < -0.4 is 4.74 Å². The number of hydrogen-bond acceptors (Lipinski definition) is 3. The molecule has 0 unspecified atom stereocenters. The van der Waals surface area contributed by atoms with E-state index in [0.29, 0.717) is 23.7 Å². The van der Waals surface area contributed by atoms with E-state index in [1.807, 2.05) is 18.2 Å². The van der Waals surface area contributed by atoms with Gasteiger partial charge in [0.15, 0.2) is 0 Å². The Balaban J connectivity index is 2.35. The maximum atomic E-state index is 11.9. The molecule has 0 radical (unpaired) electrons. The summed E-state index contributed by atoms with van der Waals surface area (Å²) in [4.78, 5) is 11.9. The molecule has 1 aromatic carbocycles. The standard InChI is InChI=1S/C14H15BrO3/c1-2-3-6-11-10-5-4-7-12(17-9-8-15)13(10)14(16)18-11/h4-7H,2-3,8-9H2,1H3/b11-6-. The van der Waals surface area contributed by atoms with Crippen molar-refractivity contribution in [1.29, 1.82) is 0 Å². The van der Waals surface area contributed by atoms with Crippen LogP contribution >= 0.6 is 15.9 Å². The van der Waals surface area contributed by atoms with E-state index in [4.69, 9.17) is 9.47 Å². The highest BCUT2D eigenvalue weighted by molar-refractivity contribution is 9.09. The highest BCUT2D eigenvalue weighted by atomic mass is 79.9. The maximum Gasteiger partial charge on any atom is 0.348 e. The van der Waals surface area contributed by atoms with E-state index in [1.54, 1.807) is 6.07 Å². The summed E-state index contributed by atoms with van der Waals surface area (Å²) in [5.41, 5.74) is 1.38. The van der Waals surface area contributed by atoms with Crippen molar-refractivity contribution in [3.63, 3.8) is 0 Å². The number of rotatable bonds is 5. The largest absolute Gasteiger partial charge is 0.492 e. The summed E-state index contributed by atoms with van der Waals surface area (Å²) in [5, 5.41) is 0.726. The summed E-state index contributed by atoms with van der Waals surface area (Å²) in [7, 11) is 0. The molecular weight excluding hydrogens is 296 g/mol. The van der Waals surface area contributed by atoms with Crippen LogP contribution in [0.4, 0.5) is 0 Å². The van der Waals surface area contributed by atoms with Crippen molar-refractivity contribution in [2.24, 2.45) is 0 Å². The molecule has 0 fully saturated rings. The van der Waals surface area contributed by atoms with Crippen molar-refractivity contribution >= 4 is 27.7 Å². The summed E-state index contributed by atoms with van der Waals surface area (Å²) in [6, 6.07) is 5.57. The minimum absolute atomic E-state index is 0.322. The number of hydrogen-bond donors (Lipinski definition) is 0. The Hall–Kier alpha value is -1.29. The Bertz CT molecular complexity index is 480. The molecule has 96 valence electrons. The lowest BCUT2D eigenvalue weighted by atomic mass is 10.1. The van der Waals surface area contributed by atoms with Crippen molar-refractivity contribution in [3.05, 3.63) is 35.4 Å². The Morgan fingerprint density at radius 3 is 3.00 bits per heavy atom. The predicted octanol–water partition coefficient (Wildman–Crippen LogP) is 3.77. The zero-order valence-electron chi connectivity index (χ0n) is 10.2. The number of ether oxygens (including phenoxy) is 2. The van der Waals surface area contributed by atoms with Gasteiger partial charge in [-0.2, -0.15) is 0 Å². The van der Waals surface area contributed by atoms with E-state index < -0.39 is 0 Å². The highest BCUT2D eigenvalue weighted by Crippen LogP contribution is 2.36. The third-order valence-electron chi connectivity index (χ3n) is 2.65. The molecule has 0 amide bonds. The van der Waals surface area contributed by atoms with Crippen LogP contribution in [0.3, 0.4) is 0 Å². The molecule has 0 aromatic heterocycles. The summed E-state index contributed by atoms with van der Waals surface area (Å²) in [6.07, 6.45) is 3.88. The van der Waals surface area contributed by atoms with Crippen molar-refractivity contribution in [2.45, 2.75) is 19.8 Å². The van der Waals surface area contributed by atoms with Gasteiger partial charge in [0.1, 0.15) is 17.1 Å². The third kappa shape index (κ3) is 2.58. The van der Waals surface area contributed by atoms with Gasteiger partial charge in [0.25, 0.3) is 0 Å².